The molecular formula is C14H16ClFN2O3. The summed E-state index contributed by atoms with van der Waals surface area (Å²) in [4.78, 5) is 17.1. The second kappa shape index (κ2) is 6.87. The molecule has 0 bridgehead atoms. The predicted octanol–water partition coefficient (Wildman–Crippen LogP) is 2.12. The largest absolute Gasteiger partial charge is 0.383 e. The van der Waals surface area contributed by atoms with Gasteiger partial charge in [-0.2, -0.15) is 0 Å². The summed E-state index contributed by atoms with van der Waals surface area (Å²) in [6, 6.07) is 4.22. The Balaban J connectivity index is 2.01. The standard InChI is InChI=1S/C14H16ClFN2O3/c1-8(7-20-2)17-14(19)12-6-11(18-21-12)13-9(15)4-3-5-10(13)16/h3-5,8,12H,6-7H2,1-2H3,(H,17,19)/t8-,12-/m0/s1. The van der Waals surface area contributed by atoms with Crippen LogP contribution in [-0.2, 0) is 14.4 Å². The molecule has 0 spiro atoms. The molecule has 0 saturated heterocycles. The number of hydrogen-bond donors (Lipinski definition) is 1. The van der Waals surface area contributed by atoms with Crippen LogP contribution >= 0.6 is 11.6 Å². The summed E-state index contributed by atoms with van der Waals surface area (Å²) in [5.74, 6) is -0.801. The van der Waals surface area contributed by atoms with Crippen LogP contribution in [0.15, 0.2) is 23.4 Å². The predicted molar refractivity (Wildman–Crippen MR) is 76.9 cm³/mol. The van der Waals surface area contributed by atoms with Crippen molar-refractivity contribution in [3.8, 4) is 0 Å². The van der Waals surface area contributed by atoms with Crippen LogP contribution in [0.5, 0.6) is 0 Å². The van der Waals surface area contributed by atoms with E-state index in [0.29, 0.717) is 12.3 Å². The lowest BCUT2D eigenvalue weighted by Gasteiger charge is -2.15. The minimum atomic E-state index is -0.782. The van der Waals surface area contributed by atoms with Crippen molar-refractivity contribution in [2.45, 2.75) is 25.5 Å². The Hall–Kier alpha value is -1.66. The summed E-state index contributed by atoms with van der Waals surface area (Å²) in [6.45, 7) is 2.21. The second-order valence-electron chi connectivity index (χ2n) is 4.80. The van der Waals surface area contributed by atoms with Gasteiger partial charge in [0.1, 0.15) is 5.82 Å². The maximum absolute atomic E-state index is 13.8. The Morgan fingerprint density at radius 2 is 2.43 bits per heavy atom. The number of rotatable bonds is 5. The van der Waals surface area contributed by atoms with Gasteiger partial charge >= 0.3 is 0 Å². The molecule has 1 amide bonds. The lowest BCUT2D eigenvalue weighted by atomic mass is 10.0. The number of nitrogens with zero attached hydrogens (tertiary/aromatic N) is 1. The molecule has 1 aromatic carbocycles. The average Bonchev–Trinajstić information content (AvgIpc) is 2.88. The molecule has 21 heavy (non-hydrogen) atoms. The van der Waals surface area contributed by atoms with E-state index in [2.05, 4.69) is 10.5 Å². The Bertz CT molecular complexity index is 545. The molecule has 0 aromatic heterocycles. The fraction of sp³-hybridized carbons (Fsp3) is 0.429. The highest BCUT2D eigenvalue weighted by Gasteiger charge is 2.31. The fourth-order valence-corrected chi connectivity index (χ4v) is 2.34. The topological polar surface area (TPSA) is 59.9 Å². The molecule has 0 aliphatic carbocycles. The smallest absolute Gasteiger partial charge is 0.264 e. The zero-order valence-corrected chi connectivity index (χ0v) is 12.5. The molecule has 7 heteroatoms. The molecule has 1 aromatic rings. The van der Waals surface area contributed by atoms with Gasteiger partial charge in [-0.05, 0) is 19.1 Å². The summed E-state index contributed by atoms with van der Waals surface area (Å²) in [5.41, 5.74) is 0.511. The van der Waals surface area contributed by atoms with Crippen molar-refractivity contribution in [2.24, 2.45) is 5.16 Å². The first-order chi connectivity index (χ1) is 10.0. The maximum atomic E-state index is 13.8. The minimum absolute atomic E-state index is 0.146. The van der Waals surface area contributed by atoms with Crippen LogP contribution < -0.4 is 5.32 Å². The summed E-state index contributed by atoms with van der Waals surface area (Å²) in [5, 5.41) is 6.76. The first-order valence-corrected chi connectivity index (χ1v) is 6.87. The van der Waals surface area contributed by atoms with Gasteiger partial charge in [0.05, 0.1) is 22.9 Å². The van der Waals surface area contributed by atoms with E-state index in [0.717, 1.165) is 0 Å². The first-order valence-electron chi connectivity index (χ1n) is 6.49. The van der Waals surface area contributed by atoms with Crippen molar-refractivity contribution in [3.05, 3.63) is 34.6 Å². The lowest BCUT2D eigenvalue weighted by Crippen LogP contribution is -2.42. The van der Waals surface area contributed by atoms with Gasteiger partial charge in [-0.25, -0.2) is 4.39 Å². The van der Waals surface area contributed by atoms with E-state index >= 15 is 0 Å². The van der Waals surface area contributed by atoms with Gasteiger partial charge in [0.2, 0.25) is 6.10 Å². The Labute approximate surface area is 127 Å². The van der Waals surface area contributed by atoms with E-state index in [1.165, 1.54) is 12.1 Å². The van der Waals surface area contributed by atoms with Crippen LogP contribution in [-0.4, -0.2) is 37.5 Å². The van der Waals surface area contributed by atoms with Crippen molar-refractivity contribution in [1.29, 1.82) is 0 Å². The average molecular weight is 315 g/mol. The molecule has 5 nitrogen and oxygen atoms in total. The normalized spacial score (nSPS) is 18.9. The lowest BCUT2D eigenvalue weighted by molar-refractivity contribution is -0.132. The van der Waals surface area contributed by atoms with Crippen LogP contribution in [0.4, 0.5) is 4.39 Å². The van der Waals surface area contributed by atoms with Crippen molar-refractivity contribution in [1.82, 2.24) is 5.32 Å². The highest BCUT2D eigenvalue weighted by molar-refractivity contribution is 6.34. The highest BCUT2D eigenvalue weighted by Crippen LogP contribution is 2.25. The third-order valence-electron chi connectivity index (χ3n) is 3.02. The number of amides is 1. The molecule has 2 atom stereocenters. The molecule has 1 aliphatic rings. The van der Waals surface area contributed by atoms with Gasteiger partial charge in [-0.1, -0.05) is 22.8 Å². The van der Waals surface area contributed by atoms with Crippen LogP contribution in [0.1, 0.15) is 18.9 Å². The van der Waals surface area contributed by atoms with Crippen LogP contribution in [0, 0.1) is 5.82 Å². The number of ether oxygens (including phenoxy) is 1. The van der Waals surface area contributed by atoms with Gasteiger partial charge in [-0.3, -0.25) is 4.79 Å². The first kappa shape index (κ1) is 15.7. The molecule has 114 valence electrons. The molecule has 1 N–H and O–H groups in total. The summed E-state index contributed by atoms with van der Waals surface area (Å²) in [6.07, 6.45) is -0.610. The van der Waals surface area contributed by atoms with Crippen molar-refractivity contribution < 1.29 is 18.8 Å². The Morgan fingerprint density at radius 1 is 1.67 bits per heavy atom. The molecule has 0 saturated carbocycles. The zero-order chi connectivity index (χ0) is 15.4. The van der Waals surface area contributed by atoms with Gasteiger partial charge in [0.15, 0.2) is 0 Å². The van der Waals surface area contributed by atoms with Crippen LogP contribution in [0.2, 0.25) is 5.02 Å². The third-order valence-corrected chi connectivity index (χ3v) is 3.33. The fourth-order valence-electron chi connectivity index (χ4n) is 2.07. The van der Waals surface area contributed by atoms with Crippen molar-refractivity contribution in [3.63, 3.8) is 0 Å². The van der Waals surface area contributed by atoms with E-state index in [1.807, 2.05) is 6.92 Å². The maximum Gasteiger partial charge on any atom is 0.264 e. The second-order valence-corrected chi connectivity index (χ2v) is 5.20. The summed E-state index contributed by atoms with van der Waals surface area (Å²) < 4.78 is 18.7. The molecule has 1 heterocycles. The van der Waals surface area contributed by atoms with Gasteiger partial charge < -0.3 is 14.9 Å². The number of benzene rings is 1. The van der Waals surface area contributed by atoms with Gasteiger partial charge in [0, 0.05) is 19.6 Å². The number of hydrogen-bond acceptors (Lipinski definition) is 4. The molecular weight excluding hydrogens is 299 g/mol. The molecule has 1 aliphatic heterocycles. The molecule has 0 unspecified atom stereocenters. The van der Waals surface area contributed by atoms with E-state index < -0.39 is 11.9 Å². The Kier molecular flexibility index (Phi) is 5.14. The third kappa shape index (κ3) is 3.71. The quantitative estimate of drug-likeness (QED) is 0.905. The number of nitrogens with one attached hydrogen (secondary N) is 1. The molecule has 0 fully saturated rings. The van der Waals surface area contributed by atoms with Crippen LogP contribution in [0.3, 0.4) is 0 Å². The monoisotopic (exact) mass is 314 g/mol. The minimum Gasteiger partial charge on any atom is -0.383 e. The van der Waals surface area contributed by atoms with E-state index in [1.54, 1.807) is 13.2 Å². The van der Waals surface area contributed by atoms with E-state index in [-0.39, 0.29) is 29.0 Å². The zero-order valence-electron chi connectivity index (χ0n) is 11.7. The molecule has 2 rings (SSSR count). The summed E-state index contributed by atoms with van der Waals surface area (Å²) in [7, 11) is 1.55. The number of methoxy groups -OCH3 is 1. The van der Waals surface area contributed by atoms with Crippen molar-refractivity contribution >= 4 is 23.2 Å². The molecule has 0 radical (unpaired) electrons. The number of carbonyl (C=O) groups is 1. The SMILES string of the molecule is COC[C@H](C)NC(=O)[C@@H]1CC(c2c(F)cccc2Cl)=NO1. The van der Waals surface area contributed by atoms with Crippen LogP contribution in [0.25, 0.3) is 0 Å². The number of oxime groups is 1. The Morgan fingerprint density at radius 3 is 3.10 bits per heavy atom. The van der Waals surface area contributed by atoms with Crippen molar-refractivity contribution in [2.75, 3.05) is 13.7 Å². The van der Waals surface area contributed by atoms with E-state index in [4.69, 9.17) is 21.2 Å². The van der Waals surface area contributed by atoms with E-state index in [9.17, 15) is 9.18 Å². The highest BCUT2D eigenvalue weighted by atomic mass is 35.5. The number of halogens is 2. The summed E-state index contributed by atoms with van der Waals surface area (Å²) >= 11 is 5.97. The van der Waals surface area contributed by atoms with Gasteiger partial charge in [0.25, 0.3) is 5.91 Å². The number of carbonyl (C=O) groups excluding carboxylic acids is 1. The van der Waals surface area contributed by atoms with Gasteiger partial charge in [-0.15, -0.1) is 0 Å².